The monoisotopic (exact) mass is 327 g/mol. The molecule has 0 aliphatic carbocycles. The molecule has 1 heterocycles. The van der Waals surface area contributed by atoms with Crippen molar-refractivity contribution in [2.75, 3.05) is 0 Å². The average Bonchev–Trinajstić information content (AvgIpc) is 2.76. The Balaban J connectivity index is 2.64. The predicted octanol–water partition coefficient (Wildman–Crippen LogP) is 4.38. The van der Waals surface area contributed by atoms with Crippen LogP contribution in [0.3, 0.4) is 0 Å². The van der Waals surface area contributed by atoms with Crippen LogP contribution in [0.25, 0.3) is 11.4 Å². The van der Waals surface area contributed by atoms with Crippen molar-refractivity contribution in [3.63, 3.8) is 0 Å². The molecule has 0 spiro atoms. The van der Waals surface area contributed by atoms with E-state index in [2.05, 4.69) is 44.5 Å². The number of aromatic nitrogens is 3. The van der Waals surface area contributed by atoms with Crippen LogP contribution in [0.2, 0.25) is 5.02 Å². The third-order valence-corrected chi connectivity index (χ3v) is 3.84. The van der Waals surface area contributed by atoms with Gasteiger partial charge in [0.25, 0.3) is 0 Å². The molecular weight excluding hydrogens is 314 g/mol. The van der Waals surface area contributed by atoms with Crippen molar-refractivity contribution in [2.24, 2.45) is 0 Å². The Kier molecular flexibility index (Phi) is 4.07. The Hall–Kier alpha value is -0.870. The third-order valence-electron chi connectivity index (χ3n) is 2.84. The smallest absolute Gasteiger partial charge is 0.165 e. The van der Waals surface area contributed by atoms with Gasteiger partial charge in [-0.3, -0.25) is 0 Å². The van der Waals surface area contributed by atoms with Gasteiger partial charge in [0.2, 0.25) is 0 Å². The molecule has 0 N–H and O–H groups in total. The van der Waals surface area contributed by atoms with Crippen molar-refractivity contribution in [3.8, 4) is 11.4 Å². The molecule has 1 aromatic heterocycles. The van der Waals surface area contributed by atoms with Crippen LogP contribution in [0.15, 0.2) is 18.2 Å². The minimum Gasteiger partial charge on any atom is -0.308 e. The van der Waals surface area contributed by atoms with E-state index in [-0.39, 0.29) is 0 Å². The summed E-state index contributed by atoms with van der Waals surface area (Å²) in [5, 5.41) is 9.92. The first kappa shape index (κ1) is 13.6. The lowest BCUT2D eigenvalue weighted by Gasteiger charge is -2.14. The minimum absolute atomic E-state index is 0.291. The van der Waals surface area contributed by atoms with Gasteiger partial charge < -0.3 is 4.57 Å². The first-order chi connectivity index (χ1) is 8.56. The fourth-order valence-electron chi connectivity index (χ4n) is 1.96. The fourth-order valence-corrected chi connectivity index (χ4v) is 2.55. The summed E-state index contributed by atoms with van der Waals surface area (Å²) in [4.78, 5) is 0. The number of halogens is 2. The van der Waals surface area contributed by atoms with Crippen LogP contribution in [0.1, 0.15) is 31.3 Å². The number of aryl methyl sites for hydroxylation is 1. The lowest BCUT2D eigenvalue weighted by molar-refractivity contribution is 0.586. The molecular formula is C13H15BrClN3. The Morgan fingerprint density at radius 3 is 2.67 bits per heavy atom. The van der Waals surface area contributed by atoms with Gasteiger partial charge in [-0.2, -0.15) is 0 Å². The summed E-state index contributed by atoms with van der Waals surface area (Å²) in [7, 11) is 0. The van der Waals surface area contributed by atoms with Crippen molar-refractivity contribution in [2.45, 2.75) is 32.1 Å². The summed E-state index contributed by atoms with van der Waals surface area (Å²) in [6.45, 7) is 6.22. The highest BCUT2D eigenvalue weighted by Gasteiger charge is 2.17. The molecule has 1 aromatic carbocycles. The van der Waals surface area contributed by atoms with Gasteiger partial charge in [-0.15, -0.1) is 10.2 Å². The van der Waals surface area contributed by atoms with Crippen LogP contribution in [0.5, 0.6) is 0 Å². The highest BCUT2D eigenvalue weighted by Crippen LogP contribution is 2.31. The number of alkyl halides is 1. The van der Waals surface area contributed by atoms with E-state index in [1.807, 2.05) is 25.1 Å². The van der Waals surface area contributed by atoms with E-state index in [0.717, 1.165) is 27.8 Å². The normalized spacial score (nSPS) is 11.2. The summed E-state index contributed by atoms with van der Waals surface area (Å²) in [5.74, 6) is 1.74. The Bertz CT molecular complexity index is 563. The largest absolute Gasteiger partial charge is 0.308 e. The lowest BCUT2D eigenvalue weighted by atomic mass is 10.1. The number of hydrogen-bond acceptors (Lipinski definition) is 2. The van der Waals surface area contributed by atoms with Gasteiger partial charge in [0.15, 0.2) is 5.82 Å². The molecule has 0 saturated heterocycles. The molecule has 0 fully saturated rings. The number of benzene rings is 1. The maximum absolute atomic E-state index is 6.36. The highest BCUT2D eigenvalue weighted by molar-refractivity contribution is 9.08. The summed E-state index contributed by atoms with van der Waals surface area (Å²) in [6.07, 6.45) is 0. The number of rotatable bonds is 3. The molecule has 0 atom stereocenters. The number of hydrogen-bond donors (Lipinski definition) is 0. The Labute approximate surface area is 120 Å². The summed E-state index contributed by atoms with van der Waals surface area (Å²) in [5.41, 5.74) is 1.98. The zero-order valence-corrected chi connectivity index (χ0v) is 13.0. The summed E-state index contributed by atoms with van der Waals surface area (Å²) in [6, 6.07) is 6.26. The Morgan fingerprint density at radius 1 is 1.33 bits per heavy atom. The van der Waals surface area contributed by atoms with Crippen molar-refractivity contribution in [1.82, 2.24) is 14.8 Å². The van der Waals surface area contributed by atoms with Crippen LogP contribution in [-0.4, -0.2) is 14.8 Å². The molecule has 0 bridgehead atoms. The maximum Gasteiger partial charge on any atom is 0.165 e. The second kappa shape index (κ2) is 5.41. The Morgan fingerprint density at radius 2 is 2.06 bits per heavy atom. The van der Waals surface area contributed by atoms with Crippen LogP contribution in [0, 0.1) is 6.92 Å². The molecule has 0 radical (unpaired) electrons. The quantitative estimate of drug-likeness (QED) is 0.783. The van der Waals surface area contributed by atoms with E-state index in [0.29, 0.717) is 11.4 Å². The van der Waals surface area contributed by atoms with E-state index < -0.39 is 0 Å². The van der Waals surface area contributed by atoms with Crippen LogP contribution >= 0.6 is 27.5 Å². The van der Waals surface area contributed by atoms with E-state index in [9.17, 15) is 0 Å². The zero-order valence-electron chi connectivity index (χ0n) is 10.6. The van der Waals surface area contributed by atoms with Gasteiger partial charge in [-0.25, -0.2) is 0 Å². The first-order valence-electron chi connectivity index (χ1n) is 5.81. The lowest BCUT2D eigenvalue weighted by Crippen LogP contribution is -2.07. The van der Waals surface area contributed by atoms with Gasteiger partial charge in [0, 0.05) is 11.6 Å². The molecule has 18 heavy (non-hydrogen) atoms. The maximum atomic E-state index is 6.36. The standard InChI is InChI=1S/C13H15BrClN3/c1-8(2)18-11(7-14)16-17-13(18)10-6-4-5-9(3)12(10)15/h4-6,8H,7H2,1-3H3. The topological polar surface area (TPSA) is 30.7 Å². The second-order valence-corrected chi connectivity index (χ2v) is 5.41. The summed E-state index contributed by atoms with van der Waals surface area (Å²) >= 11 is 9.80. The molecule has 3 nitrogen and oxygen atoms in total. The summed E-state index contributed by atoms with van der Waals surface area (Å²) < 4.78 is 2.11. The van der Waals surface area contributed by atoms with Gasteiger partial charge in [-0.05, 0) is 32.4 Å². The molecule has 0 saturated carbocycles. The van der Waals surface area contributed by atoms with E-state index in [4.69, 9.17) is 11.6 Å². The molecule has 96 valence electrons. The molecule has 0 aliphatic heterocycles. The molecule has 0 aliphatic rings. The highest BCUT2D eigenvalue weighted by atomic mass is 79.9. The second-order valence-electron chi connectivity index (χ2n) is 4.47. The SMILES string of the molecule is Cc1cccc(-c2nnc(CBr)n2C(C)C)c1Cl. The fraction of sp³-hybridized carbons (Fsp3) is 0.385. The minimum atomic E-state index is 0.291. The van der Waals surface area contributed by atoms with E-state index in [1.165, 1.54) is 0 Å². The molecule has 5 heteroatoms. The number of nitrogens with zero attached hydrogens (tertiary/aromatic N) is 3. The van der Waals surface area contributed by atoms with Gasteiger partial charge in [-0.1, -0.05) is 39.7 Å². The first-order valence-corrected chi connectivity index (χ1v) is 7.31. The average molecular weight is 329 g/mol. The van der Waals surface area contributed by atoms with Crippen molar-refractivity contribution in [1.29, 1.82) is 0 Å². The van der Waals surface area contributed by atoms with Crippen LogP contribution in [0.4, 0.5) is 0 Å². The predicted molar refractivity (Wildman–Crippen MR) is 78.2 cm³/mol. The molecule has 0 unspecified atom stereocenters. The zero-order chi connectivity index (χ0) is 13.3. The molecule has 2 aromatic rings. The van der Waals surface area contributed by atoms with E-state index >= 15 is 0 Å². The van der Waals surface area contributed by atoms with Crippen molar-refractivity contribution < 1.29 is 0 Å². The van der Waals surface area contributed by atoms with Crippen LogP contribution < -0.4 is 0 Å². The van der Waals surface area contributed by atoms with Gasteiger partial charge in [0.1, 0.15) is 5.82 Å². The third kappa shape index (κ3) is 2.31. The molecule has 0 amide bonds. The van der Waals surface area contributed by atoms with E-state index in [1.54, 1.807) is 0 Å². The molecule has 2 rings (SSSR count). The van der Waals surface area contributed by atoms with Crippen molar-refractivity contribution in [3.05, 3.63) is 34.6 Å². The van der Waals surface area contributed by atoms with Gasteiger partial charge in [0.05, 0.1) is 10.4 Å². The van der Waals surface area contributed by atoms with Crippen LogP contribution in [-0.2, 0) is 5.33 Å². The van der Waals surface area contributed by atoms with Gasteiger partial charge >= 0.3 is 0 Å². The van der Waals surface area contributed by atoms with Crippen molar-refractivity contribution >= 4 is 27.5 Å².